The monoisotopic (exact) mass is 208 g/mol. The largest absolute Gasteiger partial charge is 0.506 e. The van der Waals surface area contributed by atoms with Gasteiger partial charge in [0, 0.05) is 19.6 Å². The molecule has 0 bridgehead atoms. The lowest BCUT2D eigenvalue weighted by atomic mass is 10.0. The first kappa shape index (κ1) is 10.3. The number of rotatable bonds is 2. The van der Waals surface area contributed by atoms with E-state index in [1.807, 2.05) is 17.0 Å². The second-order valence-electron chi connectivity index (χ2n) is 4.09. The standard InChI is InChI=1S/C11H16N2O2/c12-7-11(15)5-6-13(8-11)9-3-1-2-4-10(9)14/h1-4,14-15H,5-8,12H2. The predicted octanol–water partition coefficient (Wildman–Crippen LogP) is 0.292. The predicted molar refractivity (Wildman–Crippen MR) is 58.9 cm³/mol. The van der Waals surface area contributed by atoms with Crippen LogP contribution in [0.1, 0.15) is 6.42 Å². The summed E-state index contributed by atoms with van der Waals surface area (Å²) in [6.45, 7) is 1.48. The van der Waals surface area contributed by atoms with Crippen LogP contribution >= 0.6 is 0 Å². The number of anilines is 1. The van der Waals surface area contributed by atoms with Gasteiger partial charge in [-0.25, -0.2) is 0 Å². The first-order valence-electron chi connectivity index (χ1n) is 5.10. The molecule has 0 radical (unpaired) electrons. The van der Waals surface area contributed by atoms with E-state index in [0.29, 0.717) is 13.0 Å². The second kappa shape index (κ2) is 3.72. The fourth-order valence-corrected chi connectivity index (χ4v) is 1.96. The van der Waals surface area contributed by atoms with E-state index < -0.39 is 5.60 Å². The molecule has 0 spiro atoms. The van der Waals surface area contributed by atoms with Crippen molar-refractivity contribution in [3.63, 3.8) is 0 Å². The lowest BCUT2D eigenvalue weighted by Crippen LogP contribution is -2.40. The van der Waals surface area contributed by atoms with Gasteiger partial charge in [0.2, 0.25) is 0 Å². The van der Waals surface area contributed by atoms with E-state index in [0.717, 1.165) is 12.2 Å². The maximum atomic E-state index is 9.97. The molecule has 4 heteroatoms. The molecule has 1 atom stereocenters. The second-order valence-corrected chi connectivity index (χ2v) is 4.09. The van der Waals surface area contributed by atoms with Crippen LogP contribution in [0.25, 0.3) is 0 Å². The van der Waals surface area contributed by atoms with Crippen LogP contribution in [0.2, 0.25) is 0 Å². The molecular formula is C11H16N2O2. The molecule has 1 heterocycles. The van der Waals surface area contributed by atoms with E-state index in [1.165, 1.54) is 0 Å². The summed E-state index contributed by atoms with van der Waals surface area (Å²) < 4.78 is 0. The number of nitrogens with zero attached hydrogens (tertiary/aromatic N) is 1. The topological polar surface area (TPSA) is 69.7 Å². The van der Waals surface area contributed by atoms with Crippen molar-refractivity contribution >= 4 is 5.69 Å². The Kier molecular flexibility index (Phi) is 2.54. The van der Waals surface area contributed by atoms with Crippen molar-refractivity contribution in [2.24, 2.45) is 5.73 Å². The molecule has 1 aromatic carbocycles. The third-order valence-electron chi connectivity index (χ3n) is 2.93. The van der Waals surface area contributed by atoms with E-state index in [1.54, 1.807) is 12.1 Å². The zero-order valence-corrected chi connectivity index (χ0v) is 8.56. The quantitative estimate of drug-likeness (QED) is 0.653. The Labute approximate surface area is 88.9 Å². The van der Waals surface area contributed by atoms with Crippen molar-refractivity contribution in [3.8, 4) is 5.75 Å². The van der Waals surface area contributed by atoms with Crippen LogP contribution in [0, 0.1) is 0 Å². The number of benzene rings is 1. The third-order valence-corrected chi connectivity index (χ3v) is 2.93. The van der Waals surface area contributed by atoms with Gasteiger partial charge < -0.3 is 20.8 Å². The Morgan fingerprint density at radius 1 is 1.40 bits per heavy atom. The van der Waals surface area contributed by atoms with Gasteiger partial charge in [0.1, 0.15) is 5.75 Å². The molecule has 1 saturated heterocycles. The molecule has 82 valence electrons. The van der Waals surface area contributed by atoms with Crippen molar-refractivity contribution < 1.29 is 10.2 Å². The fourth-order valence-electron chi connectivity index (χ4n) is 1.96. The number of phenolic OH excluding ortho intramolecular Hbond substituents is 1. The average Bonchev–Trinajstić information content (AvgIpc) is 2.63. The van der Waals surface area contributed by atoms with E-state index >= 15 is 0 Å². The number of aliphatic hydroxyl groups is 1. The highest BCUT2D eigenvalue weighted by Gasteiger charge is 2.35. The van der Waals surface area contributed by atoms with Gasteiger partial charge in [-0.15, -0.1) is 0 Å². The van der Waals surface area contributed by atoms with Crippen LogP contribution in [-0.4, -0.2) is 35.4 Å². The van der Waals surface area contributed by atoms with Gasteiger partial charge in [-0.3, -0.25) is 0 Å². The van der Waals surface area contributed by atoms with Crippen LogP contribution < -0.4 is 10.6 Å². The summed E-state index contributed by atoms with van der Waals surface area (Å²) >= 11 is 0. The molecule has 4 N–H and O–H groups in total. The maximum Gasteiger partial charge on any atom is 0.138 e. The Hall–Kier alpha value is -1.26. The molecule has 0 saturated carbocycles. The highest BCUT2D eigenvalue weighted by Crippen LogP contribution is 2.32. The smallest absolute Gasteiger partial charge is 0.138 e. The molecular weight excluding hydrogens is 192 g/mol. The summed E-state index contributed by atoms with van der Waals surface area (Å²) in [6.07, 6.45) is 0.651. The van der Waals surface area contributed by atoms with Crippen molar-refractivity contribution in [3.05, 3.63) is 24.3 Å². The van der Waals surface area contributed by atoms with E-state index in [2.05, 4.69) is 0 Å². The van der Waals surface area contributed by atoms with Crippen LogP contribution in [0.3, 0.4) is 0 Å². The lowest BCUT2D eigenvalue weighted by molar-refractivity contribution is 0.0725. The lowest BCUT2D eigenvalue weighted by Gasteiger charge is -2.23. The normalized spacial score (nSPS) is 25.9. The van der Waals surface area contributed by atoms with E-state index in [-0.39, 0.29) is 12.3 Å². The zero-order valence-electron chi connectivity index (χ0n) is 8.56. The highest BCUT2D eigenvalue weighted by molar-refractivity contribution is 5.58. The number of hydrogen-bond donors (Lipinski definition) is 3. The Morgan fingerprint density at radius 3 is 2.73 bits per heavy atom. The summed E-state index contributed by atoms with van der Waals surface area (Å²) in [4.78, 5) is 1.96. The minimum absolute atomic E-state index is 0.249. The molecule has 1 aliphatic rings. The first-order valence-corrected chi connectivity index (χ1v) is 5.10. The number of aromatic hydroxyl groups is 1. The highest BCUT2D eigenvalue weighted by atomic mass is 16.3. The SMILES string of the molecule is NCC1(O)CCN(c2ccccc2O)C1. The summed E-state index contributed by atoms with van der Waals surface area (Å²) in [5, 5.41) is 19.6. The number of hydrogen-bond acceptors (Lipinski definition) is 4. The maximum absolute atomic E-state index is 9.97. The number of β-amino-alcohol motifs (C(OH)–C–C–N with tert-alkyl or cyclic N) is 1. The van der Waals surface area contributed by atoms with Crippen LogP contribution in [0.15, 0.2) is 24.3 Å². The van der Waals surface area contributed by atoms with Gasteiger partial charge >= 0.3 is 0 Å². The zero-order chi connectivity index (χ0) is 10.9. The number of nitrogens with two attached hydrogens (primary N) is 1. The van der Waals surface area contributed by atoms with Crippen LogP contribution in [0.4, 0.5) is 5.69 Å². The van der Waals surface area contributed by atoms with Gasteiger partial charge in [0.15, 0.2) is 0 Å². The fraction of sp³-hybridized carbons (Fsp3) is 0.455. The Balaban J connectivity index is 2.18. The van der Waals surface area contributed by atoms with E-state index in [4.69, 9.17) is 5.73 Å². The van der Waals surface area contributed by atoms with Crippen molar-refractivity contribution in [1.82, 2.24) is 0 Å². The summed E-state index contributed by atoms with van der Waals surface area (Å²) in [7, 11) is 0. The van der Waals surface area contributed by atoms with Crippen LogP contribution in [-0.2, 0) is 0 Å². The Morgan fingerprint density at radius 2 is 2.13 bits per heavy atom. The molecule has 1 unspecified atom stereocenters. The minimum Gasteiger partial charge on any atom is -0.506 e. The first-order chi connectivity index (χ1) is 7.14. The van der Waals surface area contributed by atoms with Gasteiger partial charge in [0.25, 0.3) is 0 Å². The third kappa shape index (κ3) is 1.91. The summed E-state index contributed by atoms with van der Waals surface area (Å²) in [5.41, 5.74) is 5.47. The molecule has 0 amide bonds. The molecule has 2 rings (SSSR count). The molecule has 1 aromatic rings. The summed E-state index contributed by atoms with van der Waals surface area (Å²) in [6, 6.07) is 7.14. The summed E-state index contributed by atoms with van der Waals surface area (Å²) in [5.74, 6) is 0.249. The van der Waals surface area contributed by atoms with E-state index in [9.17, 15) is 10.2 Å². The Bertz CT molecular complexity index is 356. The van der Waals surface area contributed by atoms with Gasteiger partial charge in [-0.05, 0) is 18.6 Å². The average molecular weight is 208 g/mol. The van der Waals surface area contributed by atoms with Crippen molar-refractivity contribution in [2.75, 3.05) is 24.5 Å². The van der Waals surface area contributed by atoms with Crippen molar-refractivity contribution in [1.29, 1.82) is 0 Å². The van der Waals surface area contributed by atoms with Gasteiger partial charge in [-0.1, -0.05) is 12.1 Å². The molecule has 0 aromatic heterocycles. The van der Waals surface area contributed by atoms with Gasteiger partial charge in [-0.2, -0.15) is 0 Å². The van der Waals surface area contributed by atoms with Crippen LogP contribution in [0.5, 0.6) is 5.75 Å². The molecule has 1 aliphatic heterocycles. The van der Waals surface area contributed by atoms with Crippen molar-refractivity contribution in [2.45, 2.75) is 12.0 Å². The number of phenols is 1. The van der Waals surface area contributed by atoms with Gasteiger partial charge in [0.05, 0.1) is 11.3 Å². The molecule has 4 nitrogen and oxygen atoms in total. The molecule has 0 aliphatic carbocycles. The number of para-hydroxylation sites is 2. The molecule has 1 fully saturated rings. The minimum atomic E-state index is -0.803. The molecule has 15 heavy (non-hydrogen) atoms.